The predicted molar refractivity (Wildman–Crippen MR) is 84.9 cm³/mol. The van der Waals surface area contributed by atoms with Crippen LogP contribution in [0, 0.1) is 5.92 Å². The van der Waals surface area contributed by atoms with E-state index in [2.05, 4.69) is 5.32 Å². The maximum absolute atomic E-state index is 11.9. The number of nitrogens with zero attached hydrogens (tertiary/aromatic N) is 1. The SMILES string of the molecule is CCC(C)C(NC=O)C(=O)OCOC(=O)N(C)C1CCCCC1=O. The van der Waals surface area contributed by atoms with E-state index in [1.807, 2.05) is 6.92 Å². The minimum atomic E-state index is -0.788. The maximum Gasteiger partial charge on any atom is 0.413 e. The lowest BCUT2D eigenvalue weighted by Crippen LogP contribution is -2.45. The van der Waals surface area contributed by atoms with Crippen LogP contribution in [0.15, 0.2) is 0 Å². The van der Waals surface area contributed by atoms with E-state index in [1.165, 1.54) is 11.9 Å². The molecule has 1 aliphatic carbocycles. The van der Waals surface area contributed by atoms with Crippen molar-refractivity contribution in [3.8, 4) is 0 Å². The van der Waals surface area contributed by atoms with Gasteiger partial charge < -0.3 is 19.7 Å². The fraction of sp³-hybridized carbons (Fsp3) is 0.750. The third kappa shape index (κ3) is 5.50. The van der Waals surface area contributed by atoms with Gasteiger partial charge in [-0.3, -0.25) is 9.59 Å². The van der Waals surface area contributed by atoms with Crippen LogP contribution in [0.2, 0.25) is 0 Å². The molecule has 0 aromatic heterocycles. The summed E-state index contributed by atoms with van der Waals surface area (Å²) in [5, 5.41) is 2.40. The van der Waals surface area contributed by atoms with Gasteiger partial charge in [-0.15, -0.1) is 0 Å². The number of esters is 1. The molecular formula is C16H26N2O6. The van der Waals surface area contributed by atoms with Crippen molar-refractivity contribution in [1.82, 2.24) is 10.2 Å². The van der Waals surface area contributed by atoms with Crippen LogP contribution in [-0.4, -0.2) is 55.1 Å². The summed E-state index contributed by atoms with van der Waals surface area (Å²) in [5.41, 5.74) is 0. The first-order valence-electron chi connectivity index (χ1n) is 8.21. The summed E-state index contributed by atoms with van der Waals surface area (Å²) in [5.74, 6) is -0.758. The Bertz CT molecular complexity index is 467. The number of carbonyl (C=O) groups excluding carboxylic acids is 4. The molecule has 1 N–H and O–H groups in total. The Morgan fingerprint density at radius 3 is 2.67 bits per heavy atom. The Balaban J connectivity index is 2.44. The molecule has 0 heterocycles. The first-order valence-corrected chi connectivity index (χ1v) is 8.21. The molecule has 0 bridgehead atoms. The van der Waals surface area contributed by atoms with Crippen LogP contribution in [0.25, 0.3) is 0 Å². The first-order chi connectivity index (χ1) is 11.4. The van der Waals surface area contributed by atoms with Gasteiger partial charge in [0.05, 0.1) is 6.04 Å². The Labute approximate surface area is 141 Å². The highest BCUT2D eigenvalue weighted by molar-refractivity contribution is 5.87. The molecule has 1 aliphatic rings. The summed E-state index contributed by atoms with van der Waals surface area (Å²) in [6.45, 7) is 3.13. The zero-order chi connectivity index (χ0) is 18.1. The largest absolute Gasteiger partial charge is 0.426 e. The van der Waals surface area contributed by atoms with Crippen LogP contribution in [0.5, 0.6) is 0 Å². The van der Waals surface area contributed by atoms with Gasteiger partial charge >= 0.3 is 12.1 Å². The number of ether oxygens (including phenoxy) is 2. The van der Waals surface area contributed by atoms with E-state index < -0.39 is 30.9 Å². The van der Waals surface area contributed by atoms with E-state index in [-0.39, 0.29) is 11.7 Å². The van der Waals surface area contributed by atoms with E-state index in [0.717, 1.165) is 12.8 Å². The molecule has 1 fully saturated rings. The van der Waals surface area contributed by atoms with Gasteiger partial charge in [0, 0.05) is 13.5 Å². The zero-order valence-corrected chi connectivity index (χ0v) is 14.4. The van der Waals surface area contributed by atoms with Crippen molar-refractivity contribution in [3.05, 3.63) is 0 Å². The molecule has 8 nitrogen and oxygen atoms in total. The first kappa shape index (κ1) is 19.9. The molecule has 136 valence electrons. The van der Waals surface area contributed by atoms with E-state index >= 15 is 0 Å². The van der Waals surface area contributed by atoms with Gasteiger partial charge in [-0.2, -0.15) is 0 Å². The number of ketones is 1. The van der Waals surface area contributed by atoms with Crippen molar-refractivity contribution in [2.24, 2.45) is 5.92 Å². The molecule has 0 aliphatic heterocycles. The highest BCUT2D eigenvalue weighted by Gasteiger charge is 2.30. The van der Waals surface area contributed by atoms with E-state index in [4.69, 9.17) is 9.47 Å². The molecule has 3 atom stereocenters. The molecule has 0 radical (unpaired) electrons. The molecule has 1 saturated carbocycles. The molecule has 0 spiro atoms. The van der Waals surface area contributed by atoms with Crippen LogP contribution in [0.4, 0.5) is 4.79 Å². The Morgan fingerprint density at radius 2 is 2.08 bits per heavy atom. The molecular weight excluding hydrogens is 316 g/mol. The van der Waals surface area contributed by atoms with Crippen LogP contribution >= 0.6 is 0 Å². The molecule has 8 heteroatoms. The number of hydrogen-bond donors (Lipinski definition) is 1. The Kier molecular flexibility index (Phi) is 8.21. The van der Waals surface area contributed by atoms with Crippen LogP contribution < -0.4 is 5.32 Å². The quantitative estimate of drug-likeness (QED) is 0.404. The normalized spacial score (nSPS) is 19.8. The highest BCUT2D eigenvalue weighted by atomic mass is 16.7. The molecule has 0 aromatic carbocycles. The highest BCUT2D eigenvalue weighted by Crippen LogP contribution is 2.19. The summed E-state index contributed by atoms with van der Waals surface area (Å²) in [7, 11) is 1.49. The second-order valence-corrected chi connectivity index (χ2v) is 5.98. The topological polar surface area (TPSA) is 102 Å². The molecule has 0 aromatic rings. The number of rotatable bonds is 8. The fourth-order valence-corrected chi connectivity index (χ4v) is 2.60. The van der Waals surface area contributed by atoms with E-state index in [9.17, 15) is 19.2 Å². The van der Waals surface area contributed by atoms with Gasteiger partial charge in [-0.1, -0.05) is 26.7 Å². The minimum Gasteiger partial charge on any atom is -0.426 e. The zero-order valence-electron chi connectivity index (χ0n) is 14.4. The summed E-state index contributed by atoms with van der Waals surface area (Å²) in [6, 6.07) is -1.27. The van der Waals surface area contributed by atoms with Crippen LogP contribution in [0.1, 0.15) is 46.0 Å². The van der Waals surface area contributed by atoms with Gasteiger partial charge in [-0.05, 0) is 18.8 Å². The number of nitrogens with one attached hydrogen (secondary N) is 1. The van der Waals surface area contributed by atoms with Crippen molar-refractivity contribution in [1.29, 1.82) is 0 Å². The lowest BCUT2D eigenvalue weighted by atomic mass is 9.93. The molecule has 24 heavy (non-hydrogen) atoms. The minimum absolute atomic E-state index is 0.0183. The van der Waals surface area contributed by atoms with Crippen molar-refractivity contribution in [2.75, 3.05) is 13.8 Å². The molecule has 2 amide bonds. The number of carbonyl (C=O) groups is 4. The van der Waals surface area contributed by atoms with E-state index in [0.29, 0.717) is 25.7 Å². The summed E-state index contributed by atoms with van der Waals surface area (Å²) in [4.78, 5) is 47.5. The number of likely N-dealkylation sites (N-methyl/N-ethyl adjacent to an activating group) is 1. The van der Waals surface area contributed by atoms with Gasteiger partial charge in [0.1, 0.15) is 6.04 Å². The number of hydrogen-bond acceptors (Lipinski definition) is 6. The predicted octanol–water partition coefficient (Wildman–Crippen LogP) is 1.23. The fourth-order valence-electron chi connectivity index (χ4n) is 2.60. The van der Waals surface area contributed by atoms with Gasteiger partial charge in [0.25, 0.3) is 0 Å². The number of amides is 2. The Morgan fingerprint density at radius 1 is 1.38 bits per heavy atom. The summed E-state index contributed by atoms with van der Waals surface area (Å²) < 4.78 is 9.79. The summed E-state index contributed by atoms with van der Waals surface area (Å²) >= 11 is 0. The molecule has 0 saturated heterocycles. The van der Waals surface area contributed by atoms with Gasteiger partial charge in [0.15, 0.2) is 5.78 Å². The standard InChI is InChI=1S/C16H26N2O6/c1-4-11(2)14(17-9-19)15(21)23-10-24-16(22)18(3)12-7-5-6-8-13(12)20/h9,11-12,14H,4-8,10H2,1-3H3,(H,17,19). The van der Waals surface area contributed by atoms with Crippen molar-refractivity contribution >= 4 is 24.3 Å². The average Bonchev–Trinajstić information content (AvgIpc) is 2.58. The third-order valence-corrected chi connectivity index (χ3v) is 4.38. The Hall–Kier alpha value is -2.12. The van der Waals surface area contributed by atoms with Crippen molar-refractivity contribution < 1.29 is 28.7 Å². The van der Waals surface area contributed by atoms with Crippen molar-refractivity contribution in [2.45, 2.75) is 58.0 Å². The lowest BCUT2D eigenvalue weighted by Gasteiger charge is -2.29. The average molecular weight is 342 g/mol. The van der Waals surface area contributed by atoms with Crippen LogP contribution in [-0.2, 0) is 23.9 Å². The summed E-state index contributed by atoms with van der Waals surface area (Å²) in [6.07, 6.45) is 3.20. The second kappa shape index (κ2) is 9.89. The molecule has 3 unspecified atom stereocenters. The monoisotopic (exact) mass is 342 g/mol. The van der Waals surface area contributed by atoms with Crippen LogP contribution in [0.3, 0.4) is 0 Å². The number of Topliss-reactive ketones (excluding diaryl/α,β-unsaturated/α-hetero) is 1. The third-order valence-electron chi connectivity index (χ3n) is 4.38. The smallest absolute Gasteiger partial charge is 0.413 e. The molecule has 1 rings (SSSR count). The maximum atomic E-state index is 11.9. The van der Waals surface area contributed by atoms with Gasteiger partial charge in [-0.25, -0.2) is 9.59 Å². The van der Waals surface area contributed by atoms with Crippen molar-refractivity contribution in [3.63, 3.8) is 0 Å². The van der Waals surface area contributed by atoms with Gasteiger partial charge in [0.2, 0.25) is 13.2 Å². The van der Waals surface area contributed by atoms with E-state index in [1.54, 1.807) is 6.92 Å². The second-order valence-electron chi connectivity index (χ2n) is 5.98. The lowest BCUT2D eigenvalue weighted by molar-refractivity contribution is -0.157.